The third kappa shape index (κ3) is 4.16. The van der Waals surface area contributed by atoms with Crippen LogP contribution in [-0.2, 0) is 6.18 Å². The molecule has 2 aliphatic rings. The summed E-state index contributed by atoms with van der Waals surface area (Å²) in [7, 11) is 0. The van der Waals surface area contributed by atoms with E-state index in [4.69, 9.17) is 14.7 Å². The van der Waals surface area contributed by atoms with Crippen LogP contribution in [0.4, 0.5) is 13.2 Å². The van der Waals surface area contributed by atoms with Crippen molar-refractivity contribution in [1.82, 2.24) is 9.97 Å². The van der Waals surface area contributed by atoms with Crippen LogP contribution in [0.1, 0.15) is 73.0 Å². The first kappa shape index (κ1) is 25.9. The summed E-state index contributed by atoms with van der Waals surface area (Å²) in [5.41, 5.74) is 3.35. The third-order valence-electron chi connectivity index (χ3n) is 9.07. The van der Waals surface area contributed by atoms with Gasteiger partial charge in [0.25, 0.3) is 0 Å². The Morgan fingerprint density at radius 2 is 1.56 bits per heavy atom. The number of rotatable bonds is 2. The molecule has 1 fully saturated rings. The van der Waals surface area contributed by atoms with E-state index in [-0.39, 0.29) is 22.9 Å². The van der Waals surface area contributed by atoms with Gasteiger partial charge in [-0.15, -0.1) is 0 Å². The fourth-order valence-corrected chi connectivity index (χ4v) is 7.01. The van der Waals surface area contributed by atoms with Crippen molar-refractivity contribution in [2.45, 2.75) is 57.7 Å². The first-order valence-electron chi connectivity index (χ1n) is 14.1. The molecule has 0 saturated heterocycles. The number of alkyl halides is 3. The smallest absolute Gasteiger partial charge is 0.416 e. The lowest BCUT2D eigenvalue weighted by atomic mass is 9.64. The second-order valence-electron chi connectivity index (χ2n) is 12.2. The molecule has 1 saturated carbocycles. The summed E-state index contributed by atoms with van der Waals surface area (Å²) in [4.78, 5) is 23.5. The van der Waals surface area contributed by atoms with Crippen molar-refractivity contribution in [3.63, 3.8) is 0 Å². The summed E-state index contributed by atoms with van der Waals surface area (Å²) in [5, 5.41) is 2.00. The summed E-state index contributed by atoms with van der Waals surface area (Å²) in [5.74, 6) is 1.71. The Labute approximate surface area is 235 Å². The van der Waals surface area contributed by atoms with E-state index in [2.05, 4.69) is 26.8 Å². The highest BCUT2D eigenvalue weighted by atomic mass is 19.4. The lowest BCUT2D eigenvalue weighted by molar-refractivity contribution is -0.137. The number of carbonyl (C=O) groups excluding carboxylic acids is 1. The van der Waals surface area contributed by atoms with Gasteiger partial charge in [0.15, 0.2) is 5.78 Å². The van der Waals surface area contributed by atoms with Crippen LogP contribution in [0.25, 0.3) is 32.8 Å². The zero-order valence-electron chi connectivity index (χ0n) is 23.0. The quantitative estimate of drug-likeness (QED) is 0.124. The maximum atomic E-state index is 13.3. The van der Waals surface area contributed by atoms with Gasteiger partial charge in [-0.25, -0.2) is 9.97 Å². The van der Waals surface area contributed by atoms with Crippen molar-refractivity contribution in [2.24, 2.45) is 11.8 Å². The minimum atomic E-state index is -4.46. The maximum absolute atomic E-state index is 13.3. The molecule has 0 amide bonds. The van der Waals surface area contributed by atoms with Crippen molar-refractivity contribution < 1.29 is 22.7 Å². The first-order valence-corrected chi connectivity index (χ1v) is 14.1. The molecule has 41 heavy (non-hydrogen) atoms. The molecule has 1 aliphatic carbocycles. The minimum Gasteiger partial charge on any atom is -0.487 e. The van der Waals surface area contributed by atoms with Crippen LogP contribution in [0.15, 0.2) is 66.7 Å². The van der Waals surface area contributed by atoms with Crippen LogP contribution in [0.3, 0.4) is 0 Å². The van der Waals surface area contributed by atoms with Gasteiger partial charge in [-0.3, -0.25) is 4.79 Å². The molecule has 4 nitrogen and oxygen atoms in total. The average molecular weight is 555 g/mol. The number of ether oxygens (including phenoxy) is 1. The standard InChI is InChI=1S/C34H29F3N2O2/c1-18-8-14-25-24(16-18)28-30-29(22-6-4-5-7-23(22)32(28)41-33(25,2)3)38-26-15-11-20(17-27(26)39-30)31(40)19-9-12-21(13-10-19)34(35,36)37/h4-7,9-13,15,17-18,24-25H,8,14,16H2,1-3H3/t18-,24?,25-/m0/s1. The second kappa shape index (κ2) is 9.00. The molecule has 2 heterocycles. The SMILES string of the molecule is C[C@H]1CC[C@H]2C(C1)c1c(c3ccccc3c3nc4ccc(C(=O)c5ccc(C(F)(F)F)cc5)cc4nc13)OC2(C)C. The number of benzene rings is 4. The molecule has 5 aromatic rings. The Hall–Kier alpha value is -4.00. The van der Waals surface area contributed by atoms with Crippen LogP contribution >= 0.6 is 0 Å². The Morgan fingerprint density at radius 3 is 2.29 bits per heavy atom. The Morgan fingerprint density at radius 1 is 0.878 bits per heavy atom. The van der Waals surface area contributed by atoms with Gasteiger partial charge in [-0.1, -0.05) is 49.7 Å². The summed E-state index contributed by atoms with van der Waals surface area (Å²) >= 11 is 0. The number of aromatic nitrogens is 2. The first-order chi connectivity index (χ1) is 19.5. The summed E-state index contributed by atoms with van der Waals surface area (Å²) < 4.78 is 45.9. The highest BCUT2D eigenvalue weighted by Gasteiger charge is 2.47. The van der Waals surface area contributed by atoms with Gasteiger partial charge >= 0.3 is 6.18 Å². The van der Waals surface area contributed by atoms with Gasteiger partial charge in [0.2, 0.25) is 0 Å². The largest absolute Gasteiger partial charge is 0.487 e. The molecule has 1 aliphatic heterocycles. The molecule has 1 unspecified atom stereocenters. The highest BCUT2D eigenvalue weighted by Crippen LogP contribution is 2.56. The summed E-state index contributed by atoms with van der Waals surface area (Å²) in [6.45, 7) is 6.68. The number of fused-ring (bicyclic) bond motifs is 9. The van der Waals surface area contributed by atoms with Crippen LogP contribution in [0.2, 0.25) is 0 Å². The molecule has 0 N–H and O–H groups in total. The van der Waals surface area contributed by atoms with Crippen LogP contribution in [0, 0.1) is 11.8 Å². The number of halogens is 3. The van der Waals surface area contributed by atoms with E-state index in [1.54, 1.807) is 18.2 Å². The van der Waals surface area contributed by atoms with Crippen molar-refractivity contribution in [3.05, 3.63) is 89.0 Å². The zero-order valence-corrected chi connectivity index (χ0v) is 23.0. The van der Waals surface area contributed by atoms with Gasteiger partial charge in [-0.2, -0.15) is 13.2 Å². The van der Waals surface area contributed by atoms with Crippen molar-refractivity contribution in [2.75, 3.05) is 0 Å². The molecule has 3 atom stereocenters. The Balaban J connectivity index is 1.42. The zero-order chi connectivity index (χ0) is 28.7. The number of nitrogens with zero attached hydrogens (tertiary/aromatic N) is 2. The monoisotopic (exact) mass is 554 g/mol. The number of hydrogen-bond donors (Lipinski definition) is 0. The molecule has 0 spiro atoms. The van der Waals surface area contributed by atoms with E-state index < -0.39 is 11.7 Å². The number of hydrogen-bond acceptors (Lipinski definition) is 4. The molecule has 0 radical (unpaired) electrons. The van der Waals surface area contributed by atoms with Gasteiger partial charge in [0.1, 0.15) is 11.4 Å². The molecule has 7 heteroatoms. The van der Waals surface area contributed by atoms with Crippen molar-refractivity contribution in [3.8, 4) is 5.75 Å². The van der Waals surface area contributed by atoms with Crippen LogP contribution in [0.5, 0.6) is 5.75 Å². The topological polar surface area (TPSA) is 52.1 Å². The second-order valence-corrected chi connectivity index (χ2v) is 12.2. The molecule has 7 rings (SSSR count). The van der Waals surface area contributed by atoms with E-state index in [0.717, 1.165) is 58.1 Å². The molecular weight excluding hydrogens is 525 g/mol. The Kier molecular flexibility index (Phi) is 5.69. The molecule has 4 aromatic carbocycles. The summed E-state index contributed by atoms with van der Waals surface area (Å²) in [6.07, 6.45) is -1.17. The van der Waals surface area contributed by atoms with Gasteiger partial charge in [0, 0.05) is 33.4 Å². The van der Waals surface area contributed by atoms with Crippen LogP contribution in [-0.4, -0.2) is 21.4 Å². The van der Waals surface area contributed by atoms with Gasteiger partial charge < -0.3 is 4.74 Å². The van der Waals surface area contributed by atoms with E-state index in [1.165, 1.54) is 18.6 Å². The van der Waals surface area contributed by atoms with Crippen LogP contribution < -0.4 is 4.74 Å². The maximum Gasteiger partial charge on any atom is 0.416 e. The minimum absolute atomic E-state index is 0.184. The van der Waals surface area contributed by atoms with Gasteiger partial charge in [-0.05, 0) is 68.9 Å². The third-order valence-corrected chi connectivity index (χ3v) is 9.07. The normalized spacial score (nSPS) is 21.9. The van der Waals surface area contributed by atoms with Crippen molar-refractivity contribution in [1.29, 1.82) is 0 Å². The molecule has 1 aromatic heterocycles. The average Bonchev–Trinajstić information content (AvgIpc) is 2.95. The van der Waals surface area contributed by atoms with E-state index >= 15 is 0 Å². The fourth-order valence-electron chi connectivity index (χ4n) is 7.01. The molecule has 0 bridgehead atoms. The number of carbonyl (C=O) groups is 1. The van der Waals surface area contributed by atoms with E-state index in [1.807, 2.05) is 18.2 Å². The highest BCUT2D eigenvalue weighted by molar-refractivity contribution is 6.13. The molecular formula is C34H29F3N2O2. The van der Waals surface area contributed by atoms with E-state index in [0.29, 0.717) is 28.4 Å². The Bertz CT molecular complexity index is 1860. The fraction of sp³-hybridized carbons (Fsp3) is 0.324. The van der Waals surface area contributed by atoms with E-state index in [9.17, 15) is 18.0 Å². The molecule has 208 valence electrons. The van der Waals surface area contributed by atoms with Crippen molar-refractivity contribution >= 4 is 38.6 Å². The predicted octanol–water partition coefficient (Wildman–Crippen LogP) is 8.88. The predicted molar refractivity (Wildman–Crippen MR) is 153 cm³/mol. The number of ketones is 1. The lowest BCUT2D eigenvalue weighted by Crippen LogP contribution is -2.46. The summed E-state index contributed by atoms with van der Waals surface area (Å²) in [6, 6.07) is 17.6. The van der Waals surface area contributed by atoms with Gasteiger partial charge in [0.05, 0.1) is 27.6 Å². The lowest BCUT2D eigenvalue weighted by Gasteiger charge is -2.49.